The van der Waals surface area contributed by atoms with Crippen LogP contribution in [0.3, 0.4) is 0 Å². The van der Waals surface area contributed by atoms with E-state index in [0.29, 0.717) is 17.0 Å². The summed E-state index contributed by atoms with van der Waals surface area (Å²) in [6.07, 6.45) is 1.42. The van der Waals surface area contributed by atoms with E-state index >= 15 is 0 Å². The average Bonchev–Trinajstić information content (AvgIpc) is 2.53. The van der Waals surface area contributed by atoms with Gasteiger partial charge in [0.15, 0.2) is 0 Å². The molecule has 3 rings (SSSR count). The van der Waals surface area contributed by atoms with Crippen LogP contribution in [0.2, 0.25) is 5.02 Å². The van der Waals surface area contributed by atoms with Crippen LogP contribution in [0.5, 0.6) is 0 Å². The van der Waals surface area contributed by atoms with Crippen LogP contribution in [0.1, 0.15) is 27.9 Å². The number of fused-ring (bicyclic) bond motifs is 1. The lowest BCUT2D eigenvalue weighted by atomic mass is 9.81. The van der Waals surface area contributed by atoms with Crippen molar-refractivity contribution in [2.24, 2.45) is 0 Å². The molecule has 0 spiro atoms. The zero-order valence-electron chi connectivity index (χ0n) is 13.4. The smallest absolute Gasteiger partial charge is 0.339 e. The number of nitrogens with zero attached hydrogens (tertiary/aromatic N) is 1. The third kappa shape index (κ3) is 3.26. The van der Waals surface area contributed by atoms with E-state index in [2.05, 4.69) is 4.90 Å². The Morgan fingerprint density at radius 3 is 2.52 bits per heavy atom. The Morgan fingerprint density at radius 2 is 1.83 bits per heavy atom. The summed E-state index contributed by atoms with van der Waals surface area (Å²) in [4.78, 5) is 14.6. The van der Waals surface area contributed by atoms with Crippen molar-refractivity contribution in [3.8, 4) is 0 Å². The maximum atomic E-state index is 12.5. The topological polar surface area (TPSA) is 29.5 Å². The molecule has 1 atom stereocenters. The molecule has 0 saturated heterocycles. The number of halogens is 1. The van der Waals surface area contributed by atoms with Crippen molar-refractivity contribution >= 4 is 17.6 Å². The molecule has 1 aliphatic heterocycles. The molecule has 1 aliphatic rings. The molecule has 0 radical (unpaired) electrons. The number of carbonyl (C=O) groups is 1. The molecule has 4 heteroatoms. The van der Waals surface area contributed by atoms with Crippen LogP contribution in [0.15, 0.2) is 48.5 Å². The zero-order valence-corrected chi connectivity index (χ0v) is 14.1. The maximum absolute atomic E-state index is 12.5. The Bertz CT molecular complexity index is 712. The Balaban J connectivity index is 2.03. The summed E-state index contributed by atoms with van der Waals surface area (Å²) in [5, 5.41) is 0.680. The lowest BCUT2D eigenvalue weighted by molar-refractivity contribution is -0.0355. The van der Waals surface area contributed by atoms with Crippen molar-refractivity contribution < 1.29 is 9.53 Å². The summed E-state index contributed by atoms with van der Waals surface area (Å²) in [5.41, 5.74) is 2.06. The Morgan fingerprint density at radius 1 is 1.13 bits per heavy atom. The first-order valence-electron chi connectivity index (χ1n) is 7.72. The molecule has 1 unspecified atom stereocenters. The van der Waals surface area contributed by atoms with Crippen molar-refractivity contribution in [3.05, 3.63) is 70.2 Å². The molecule has 3 nitrogen and oxygen atoms in total. The molecule has 0 bridgehead atoms. The van der Waals surface area contributed by atoms with Crippen LogP contribution in [0, 0.1) is 0 Å². The van der Waals surface area contributed by atoms with Gasteiger partial charge in [-0.1, -0.05) is 41.9 Å². The molecule has 2 aromatic carbocycles. The molecular formula is C19H20ClNO2. The molecule has 0 aromatic heterocycles. The summed E-state index contributed by atoms with van der Waals surface area (Å²) < 4.78 is 5.97. The van der Waals surface area contributed by atoms with Crippen molar-refractivity contribution in [3.63, 3.8) is 0 Å². The fraction of sp³-hybridized carbons (Fsp3) is 0.316. The minimum absolute atomic E-state index is 0.249. The van der Waals surface area contributed by atoms with Gasteiger partial charge in [-0.25, -0.2) is 4.79 Å². The SMILES string of the molecule is CN(C)CCC1(c2ccc(Cl)cc2)Cc2ccccc2C(=O)O1. The standard InChI is InChI=1S/C19H20ClNO2/c1-21(2)12-11-19(15-7-9-16(20)10-8-15)13-14-5-3-4-6-17(14)18(22)23-19/h3-10H,11-13H2,1-2H3. The monoisotopic (exact) mass is 329 g/mol. The normalized spacial score (nSPS) is 20.3. The second-order valence-electron chi connectivity index (χ2n) is 6.28. The molecule has 0 fully saturated rings. The molecule has 0 N–H and O–H groups in total. The van der Waals surface area contributed by atoms with Crippen LogP contribution >= 0.6 is 11.6 Å². The third-order valence-electron chi connectivity index (χ3n) is 4.33. The highest BCUT2D eigenvalue weighted by molar-refractivity contribution is 6.30. The van der Waals surface area contributed by atoms with Gasteiger partial charge in [-0.2, -0.15) is 0 Å². The first kappa shape index (κ1) is 16.0. The van der Waals surface area contributed by atoms with Gasteiger partial charge in [0.2, 0.25) is 0 Å². The number of carbonyl (C=O) groups excluding carboxylic acids is 1. The van der Waals surface area contributed by atoms with Gasteiger partial charge in [0.25, 0.3) is 0 Å². The van der Waals surface area contributed by atoms with Gasteiger partial charge in [0.1, 0.15) is 5.60 Å². The number of esters is 1. The summed E-state index contributed by atoms with van der Waals surface area (Å²) >= 11 is 6.02. The number of hydrogen-bond acceptors (Lipinski definition) is 3. The average molecular weight is 330 g/mol. The molecule has 1 heterocycles. The van der Waals surface area contributed by atoms with Gasteiger partial charge in [0.05, 0.1) is 5.56 Å². The van der Waals surface area contributed by atoms with Crippen molar-refractivity contribution in [1.29, 1.82) is 0 Å². The molecular weight excluding hydrogens is 310 g/mol. The van der Waals surface area contributed by atoms with Gasteiger partial charge >= 0.3 is 5.97 Å². The predicted molar refractivity (Wildman–Crippen MR) is 91.9 cm³/mol. The fourth-order valence-corrected chi connectivity index (χ4v) is 3.18. The third-order valence-corrected chi connectivity index (χ3v) is 4.59. The second kappa shape index (κ2) is 6.34. The highest BCUT2D eigenvalue weighted by atomic mass is 35.5. The molecule has 0 aliphatic carbocycles. The minimum Gasteiger partial charge on any atom is -0.450 e. The van der Waals surface area contributed by atoms with Crippen molar-refractivity contribution in [2.75, 3.05) is 20.6 Å². The summed E-state index contributed by atoms with van der Waals surface area (Å²) in [5.74, 6) is -0.249. The van der Waals surface area contributed by atoms with Gasteiger partial charge in [-0.3, -0.25) is 0 Å². The van der Waals surface area contributed by atoms with Crippen molar-refractivity contribution in [1.82, 2.24) is 4.90 Å². The van der Waals surface area contributed by atoms with E-state index in [1.165, 1.54) is 0 Å². The lowest BCUT2D eigenvalue weighted by Crippen LogP contribution is -2.41. The minimum atomic E-state index is -0.639. The number of benzene rings is 2. The highest BCUT2D eigenvalue weighted by Crippen LogP contribution is 2.39. The Hall–Kier alpha value is -1.84. The van der Waals surface area contributed by atoms with Crippen LogP contribution in [0.25, 0.3) is 0 Å². The van der Waals surface area contributed by atoms with Crippen LogP contribution in [-0.4, -0.2) is 31.5 Å². The quantitative estimate of drug-likeness (QED) is 0.797. The fourth-order valence-electron chi connectivity index (χ4n) is 3.05. The second-order valence-corrected chi connectivity index (χ2v) is 6.71. The predicted octanol–water partition coefficient (Wildman–Crippen LogP) is 3.90. The van der Waals surface area contributed by atoms with Crippen molar-refractivity contribution in [2.45, 2.75) is 18.4 Å². The summed E-state index contributed by atoms with van der Waals surface area (Å²) in [7, 11) is 4.04. The number of hydrogen-bond donors (Lipinski definition) is 0. The molecule has 2 aromatic rings. The Labute approximate surface area is 141 Å². The lowest BCUT2D eigenvalue weighted by Gasteiger charge is -2.38. The van der Waals surface area contributed by atoms with E-state index < -0.39 is 5.60 Å². The maximum Gasteiger partial charge on any atom is 0.339 e. The van der Waals surface area contributed by atoms with E-state index in [9.17, 15) is 4.79 Å². The van der Waals surface area contributed by atoms with E-state index in [0.717, 1.165) is 24.1 Å². The largest absolute Gasteiger partial charge is 0.450 e. The molecule has 0 amide bonds. The van der Waals surface area contributed by atoms with Crippen LogP contribution in [0.4, 0.5) is 0 Å². The van der Waals surface area contributed by atoms with E-state index in [1.54, 1.807) is 0 Å². The van der Waals surface area contributed by atoms with Crippen LogP contribution < -0.4 is 0 Å². The molecule has 120 valence electrons. The number of rotatable bonds is 4. The highest BCUT2D eigenvalue weighted by Gasteiger charge is 2.41. The number of cyclic esters (lactones) is 1. The van der Waals surface area contributed by atoms with E-state index in [-0.39, 0.29) is 5.97 Å². The zero-order chi connectivity index (χ0) is 16.4. The van der Waals surface area contributed by atoms with Gasteiger partial charge in [-0.05, 0) is 43.4 Å². The summed E-state index contributed by atoms with van der Waals surface area (Å²) in [6, 6.07) is 15.3. The summed E-state index contributed by atoms with van der Waals surface area (Å²) in [6.45, 7) is 0.831. The first-order chi connectivity index (χ1) is 11.0. The Kier molecular flexibility index (Phi) is 4.42. The molecule has 0 saturated carbocycles. The van der Waals surface area contributed by atoms with Gasteiger partial charge in [-0.15, -0.1) is 0 Å². The van der Waals surface area contributed by atoms with E-state index in [1.807, 2.05) is 62.6 Å². The van der Waals surface area contributed by atoms with Crippen LogP contribution in [-0.2, 0) is 16.8 Å². The number of ether oxygens (including phenoxy) is 1. The van der Waals surface area contributed by atoms with Gasteiger partial charge in [0, 0.05) is 24.4 Å². The van der Waals surface area contributed by atoms with Gasteiger partial charge < -0.3 is 9.64 Å². The van der Waals surface area contributed by atoms with E-state index in [4.69, 9.17) is 16.3 Å². The first-order valence-corrected chi connectivity index (χ1v) is 8.10. The molecule has 23 heavy (non-hydrogen) atoms.